The van der Waals surface area contributed by atoms with Crippen molar-refractivity contribution in [3.05, 3.63) is 22.4 Å². The van der Waals surface area contributed by atoms with Crippen molar-refractivity contribution in [1.29, 1.82) is 0 Å². The summed E-state index contributed by atoms with van der Waals surface area (Å²) in [5.74, 6) is 0. The van der Waals surface area contributed by atoms with Gasteiger partial charge < -0.3 is 4.18 Å². The van der Waals surface area contributed by atoms with E-state index in [2.05, 4.69) is 3.21 Å². The standard InChI is InChI=1S/C7H8INOS2/c1-2-10-12-7(9-8)6-4-3-5-11-6/h3-5H,2H2,1H3/b9-7-. The molecular weight excluding hydrogens is 305 g/mol. The molecule has 0 unspecified atom stereocenters. The maximum Gasteiger partial charge on any atom is 0.147 e. The summed E-state index contributed by atoms with van der Waals surface area (Å²) in [4.78, 5) is 1.16. The largest absolute Gasteiger partial charge is 0.309 e. The first-order valence-corrected chi connectivity index (χ1v) is 5.99. The van der Waals surface area contributed by atoms with E-state index in [1.165, 1.54) is 12.0 Å². The minimum atomic E-state index is 0.700. The summed E-state index contributed by atoms with van der Waals surface area (Å²) < 4.78 is 9.30. The van der Waals surface area contributed by atoms with Crippen LogP contribution in [0.25, 0.3) is 0 Å². The molecule has 0 bridgehead atoms. The number of rotatable bonds is 3. The third-order valence-corrected chi connectivity index (χ3v) is 3.70. The van der Waals surface area contributed by atoms with Gasteiger partial charge in [-0.05, 0) is 18.4 Å². The summed E-state index contributed by atoms with van der Waals surface area (Å²) in [6.07, 6.45) is 0. The monoisotopic (exact) mass is 313 g/mol. The Balaban J connectivity index is 2.59. The molecule has 0 aliphatic carbocycles. The van der Waals surface area contributed by atoms with Crippen LogP contribution in [0.1, 0.15) is 11.8 Å². The van der Waals surface area contributed by atoms with Gasteiger partial charge in [0.15, 0.2) is 0 Å². The molecule has 0 saturated heterocycles. The topological polar surface area (TPSA) is 21.6 Å². The highest BCUT2D eigenvalue weighted by Gasteiger charge is 2.04. The molecule has 0 aromatic carbocycles. The Morgan fingerprint density at radius 3 is 3.17 bits per heavy atom. The number of nitrogens with zero attached hydrogens (tertiary/aromatic N) is 1. The maximum absolute atomic E-state index is 5.20. The van der Waals surface area contributed by atoms with Crippen molar-refractivity contribution in [1.82, 2.24) is 0 Å². The van der Waals surface area contributed by atoms with Gasteiger partial charge >= 0.3 is 0 Å². The molecule has 5 heteroatoms. The number of hydrogen-bond donors (Lipinski definition) is 0. The van der Waals surface area contributed by atoms with Crippen LogP contribution in [0.5, 0.6) is 0 Å². The molecule has 1 aromatic rings. The van der Waals surface area contributed by atoms with E-state index in [1.54, 1.807) is 11.3 Å². The van der Waals surface area contributed by atoms with Gasteiger partial charge in [0.1, 0.15) is 5.04 Å². The average molecular weight is 313 g/mol. The zero-order valence-electron chi connectivity index (χ0n) is 6.49. The quantitative estimate of drug-likeness (QED) is 0.368. The molecule has 0 aliphatic heterocycles. The summed E-state index contributed by atoms with van der Waals surface area (Å²) >= 11 is 4.99. The van der Waals surface area contributed by atoms with Gasteiger partial charge in [-0.25, -0.2) is 3.21 Å². The van der Waals surface area contributed by atoms with Crippen LogP contribution in [0.2, 0.25) is 0 Å². The lowest BCUT2D eigenvalue weighted by Crippen LogP contribution is -1.91. The van der Waals surface area contributed by atoms with Gasteiger partial charge in [-0.15, -0.1) is 11.3 Å². The molecule has 0 N–H and O–H groups in total. The van der Waals surface area contributed by atoms with E-state index in [0.717, 1.165) is 9.92 Å². The van der Waals surface area contributed by atoms with Crippen molar-refractivity contribution in [2.24, 2.45) is 3.21 Å². The lowest BCUT2D eigenvalue weighted by molar-refractivity contribution is 0.406. The Hall–Kier alpha value is 0.410. The zero-order chi connectivity index (χ0) is 8.81. The van der Waals surface area contributed by atoms with Gasteiger partial charge in [-0.1, -0.05) is 6.07 Å². The highest BCUT2D eigenvalue weighted by atomic mass is 127. The van der Waals surface area contributed by atoms with Crippen LogP contribution >= 0.6 is 46.2 Å². The van der Waals surface area contributed by atoms with Crippen LogP contribution < -0.4 is 0 Å². The van der Waals surface area contributed by atoms with Crippen molar-refractivity contribution < 1.29 is 4.18 Å². The van der Waals surface area contributed by atoms with Gasteiger partial charge in [0.2, 0.25) is 0 Å². The first kappa shape index (κ1) is 10.5. The van der Waals surface area contributed by atoms with Crippen molar-refractivity contribution >= 4 is 51.3 Å². The fourth-order valence-electron chi connectivity index (χ4n) is 0.612. The van der Waals surface area contributed by atoms with Gasteiger partial charge in [-0.2, -0.15) is 0 Å². The molecule has 66 valence electrons. The highest BCUT2D eigenvalue weighted by Crippen LogP contribution is 2.20. The van der Waals surface area contributed by atoms with Crippen LogP contribution in [-0.2, 0) is 4.18 Å². The Morgan fingerprint density at radius 2 is 2.67 bits per heavy atom. The molecule has 1 rings (SSSR count). The second-order valence-corrected chi connectivity index (χ2v) is 4.08. The van der Waals surface area contributed by atoms with Crippen LogP contribution in [-0.4, -0.2) is 11.7 Å². The third-order valence-electron chi connectivity index (χ3n) is 1.06. The number of halogens is 1. The minimum Gasteiger partial charge on any atom is -0.309 e. The Morgan fingerprint density at radius 1 is 1.83 bits per heavy atom. The van der Waals surface area contributed by atoms with Gasteiger partial charge in [-0.3, -0.25) is 0 Å². The van der Waals surface area contributed by atoms with E-state index in [9.17, 15) is 0 Å². The van der Waals surface area contributed by atoms with Crippen molar-refractivity contribution in [2.45, 2.75) is 6.92 Å². The molecule has 0 radical (unpaired) electrons. The predicted octanol–water partition coefficient (Wildman–Crippen LogP) is 3.53. The van der Waals surface area contributed by atoms with E-state index in [0.29, 0.717) is 6.61 Å². The molecule has 1 aromatic heterocycles. The second-order valence-electron chi connectivity index (χ2n) is 1.86. The van der Waals surface area contributed by atoms with Crippen molar-refractivity contribution in [3.63, 3.8) is 0 Å². The molecule has 0 atom stereocenters. The Bertz CT molecular complexity index is 248. The Kier molecular flexibility index (Phi) is 5.21. The smallest absolute Gasteiger partial charge is 0.147 e. The van der Waals surface area contributed by atoms with E-state index >= 15 is 0 Å². The molecule has 1 heterocycles. The molecular formula is C7H8INOS2. The Labute approximate surface area is 94.1 Å². The first-order chi connectivity index (χ1) is 5.88. The summed E-state index contributed by atoms with van der Waals surface area (Å²) in [6.45, 7) is 2.66. The molecule has 0 aliphatic rings. The highest BCUT2D eigenvalue weighted by molar-refractivity contribution is 14.1. The molecule has 2 nitrogen and oxygen atoms in total. The van der Waals surface area contributed by atoms with E-state index in [1.807, 2.05) is 47.3 Å². The van der Waals surface area contributed by atoms with Crippen LogP contribution in [0.3, 0.4) is 0 Å². The van der Waals surface area contributed by atoms with Gasteiger partial charge in [0.25, 0.3) is 0 Å². The van der Waals surface area contributed by atoms with E-state index in [4.69, 9.17) is 4.18 Å². The van der Waals surface area contributed by atoms with Gasteiger partial charge in [0.05, 0.1) is 46.4 Å². The number of hydrogen-bond acceptors (Lipinski definition) is 4. The number of thiophene rings is 1. The summed E-state index contributed by atoms with van der Waals surface area (Å²) in [5, 5.41) is 2.97. The molecule has 0 fully saturated rings. The molecule has 12 heavy (non-hydrogen) atoms. The summed E-state index contributed by atoms with van der Waals surface area (Å²) in [6, 6.07) is 4.04. The normalized spacial score (nSPS) is 12.0. The lowest BCUT2D eigenvalue weighted by atomic mass is 10.5. The average Bonchev–Trinajstić information content (AvgIpc) is 2.59. The third kappa shape index (κ3) is 3.04. The minimum absolute atomic E-state index is 0.700. The van der Waals surface area contributed by atoms with Crippen molar-refractivity contribution in [3.8, 4) is 0 Å². The second kappa shape index (κ2) is 5.95. The van der Waals surface area contributed by atoms with Crippen molar-refractivity contribution in [2.75, 3.05) is 6.61 Å². The first-order valence-electron chi connectivity index (χ1n) is 3.40. The SMILES string of the molecule is CCOS/C(=N\I)c1cccs1. The fraction of sp³-hybridized carbons (Fsp3) is 0.286. The predicted molar refractivity (Wildman–Crippen MR) is 64.1 cm³/mol. The summed E-state index contributed by atoms with van der Waals surface area (Å²) in [7, 11) is 0. The van der Waals surface area contributed by atoms with E-state index in [-0.39, 0.29) is 0 Å². The zero-order valence-corrected chi connectivity index (χ0v) is 10.3. The van der Waals surface area contributed by atoms with Crippen LogP contribution in [0.15, 0.2) is 20.7 Å². The fourth-order valence-corrected chi connectivity index (χ4v) is 2.54. The maximum atomic E-state index is 5.20. The lowest BCUT2D eigenvalue weighted by Gasteiger charge is -1.99. The molecule has 0 spiro atoms. The summed E-state index contributed by atoms with van der Waals surface area (Å²) in [5.41, 5.74) is 0. The molecule has 0 saturated carbocycles. The van der Waals surface area contributed by atoms with Gasteiger partial charge in [0, 0.05) is 0 Å². The molecule has 0 amide bonds. The van der Waals surface area contributed by atoms with E-state index < -0.39 is 0 Å². The van der Waals surface area contributed by atoms with Crippen LogP contribution in [0, 0.1) is 0 Å². The van der Waals surface area contributed by atoms with Crippen LogP contribution in [0.4, 0.5) is 0 Å².